The quantitative estimate of drug-likeness (QED) is 0.787. The summed E-state index contributed by atoms with van der Waals surface area (Å²) in [6.07, 6.45) is -6.15. The number of fused-ring (bicyclic) bond motifs is 1. The van der Waals surface area contributed by atoms with E-state index in [0.29, 0.717) is 5.56 Å². The minimum absolute atomic E-state index is 0.137. The summed E-state index contributed by atoms with van der Waals surface area (Å²) in [6.45, 7) is 0.137. The highest BCUT2D eigenvalue weighted by Crippen LogP contribution is 2.34. The molecule has 0 spiro atoms. The third-order valence-electron chi connectivity index (χ3n) is 4.65. The van der Waals surface area contributed by atoms with E-state index < -0.39 is 43.0 Å². The minimum Gasteiger partial charge on any atom is -0.450 e. The molecular formula is C20H20O7. The van der Waals surface area contributed by atoms with Crippen LogP contribution in [0.1, 0.15) is 22.2 Å². The van der Waals surface area contributed by atoms with E-state index in [9.17, 15) is 15.0 Å². The van der Waals surface area contributed by atoms with Gasteiger partial charge in [0.05, 0.1) is 12.2 Å². The lowest BCUT2D eigenvalue weighted by Crippen LogP contribution is -2.62. The number of aliphatic hydroxyl groups excluding tert-OH is 2. The lowest BCUT2D eigenvalue weighted by molar-refractivity contribution is -0.353. The van der Waals surface area contributed by atoms with Gasteiger partial charge in [0.2, 0.25) is 0 Å². The average Bonchev–Trinajstić information content (AvgIpc) is 2.72. The lowest BCUT2D eigenvalue weighted by atomic mass is 9.97. The molecule has 2 aliphatic rings. The molecule has 4 rings (SSSR count). The maximum Gasteiger partial charge on any atom is 0.338 e. The number of hydrogen-bond donors (Lipinski definition) is 2. The predicted molar refractivity (Wildman–Crippen MR) is 92.5 cm³/mol. The second-order valence-electron chi connectivity index (χ2n) is 6.47. The van der Waals surface area contributed by atoms with Crippen LogP contribution in [-0.2, 0) is 18.9 Å². The van der Waals surface area contributed by atoms with Crippen molar-refractivity contribution in [1.29, 1.82) is 0 Å². The van der Waals surface area contributed by atoms with E-state index in [2.05, 4.69) is 0 Å². The van der Waals surface area contributed by atoms with Crippen molar-refractivity contribution in [2.75, 3.05) is 6.61 Å². The topological polar surface area (TPSA) is 94.5 Å². The van der Waals surface area contributed by atoms with E-state index in [0.717, 1.165) is 5.56 Å². The summed E-state index contributed by atoms with van der Waals surface area (Å²) in [4.78, 5) is 12.3. The summed E-state index contributed by atoms with van der Waals surface area (Å²) in [5, 5.41) is 20.9. The van der Waals surface area contributed by atoms with E-state index >= 15 is 0 Å². The summed E-state index contributed by atoms with van der Waals surface area (Å²) in [6, 6.07) is 17.6. The molecule has 2 aromatic carbocycles. The van der Waals surface area contributed by atoms with Gasteiger partial charge in [0, 0.05) is 5.56 Å². The van der Waals surface area contributed by atoms with Crippen LogP contribution in [0.2, 0.25) is 0 Å². The largest absolute Gasteiger partial charge is 0.450 e. The van der Waals surface area contributed by atoms with Gasteiger partial charge < -0.3 is 29.2 Å². The summed E-state index contributed by atoms with van der Waals surface area (Å²) in [5.74, 6) is -0.660. The van der Waals surface area contributed by atoms with Crippen LogP contribution in [0.15, 0.2) is 60.7 Å². The first kappa shape index (κ1) is 18.1. The van der Waals surface area contributed by atoms with E-state index in [1.54, 1.807) is 30.3 Å². The van der Waals surface area contributed by atoms with E-state index in [-0.39, 0.29) is 6.61 Å². The van der Waals surface area contributed by atoms with Gasteiger partial charge in [-0.15, -0.1) is 0 Å². The smallest absolute Gasteiger partial charge is 0.338 e. The average molecular weight is 372 g/mol. The Hall–Kier alpha value is -2.29. The van der Waals surface area contributed by atoms with Gasteiger partial charge in [0.1, 0.15) is 18.3 Å². The number of benzene rings is 2. The van der Waals surface area contributed by atoms with Gasteiger partial charge in [-0.25, -0.2) is 4.79 Å². The molecule has 0 bridgehead atoms. The normalized spacial score (nSPS) is 33.1. The first-order valence-electron chi connectivity index (χ1n) is 8.73. The second-order valence-corrected chi connectivity index (χ2v) is 6.47. The van der Waals surface area contributed by atoms with Crippen LogP contribution in [-0.4, -0.2) is 53.5 Å². The van der Waals surface area contributed by atoms with Crippen LogP contribution in [0, 0.1) is 0 Å². The van der Waals surface area contributed by atoms with Crippen molar-refractivity contribution in [3.05, 3.63) is 71.8 Å². The van der Waals surface area contributed by atoms with Crippen molar-refractivity contribution >= 4 is 5.97 Å². The first-order valence-corrected chi connectivity index (χ1v) is 8.73. The molecule has 6 atom stereocenters. The Bertz CT molecular complexity index is 766. The predicted octanol–water partition coefficient (Wildman–Crippen LogP) is 1.40. The number of esters is 1. The Labute approximate surface area is 156 Å². The molecule has 2 aliphatic heterocycles. The highest BCUT2D eigenvalue weighted by molar-refractivity contribution is 5.89. The van der Waals surface area contributed by atoms with E-state index in [1.165, 1.54) is 0 Å². The van der Waals surface area contributed by atoms with Crippen molar-refractivity contribution in [2.24, 2.45) is 0 Å². The fraction of sp³-hybridized carbons (Fsp3) is 0.350. The Morgan fingerprint density at radius 2 is 1.63 bits per heavy atom. The number of rotatable bonds is 3. The van der Waals surface area contributed by atoms with Crippen molar-refractivity contribution in [3.8, 4) is 0 Å². The Morgan fingerprint density at radius 3 is 2.33 bits per heavy atom. The number of carbonyl (C=O) groups excluding carboxylic acids is 1. The molecular weight excluding hydrogens is 352 g/mol. The molecule has 0 saturated carbocycles. The Morgan fingerprint density at radius 1 is 0.963 bits per heavy atom. The highest BCUT2D eigenvalue weighted by atomic mass is 16.7. The maximum atomic E-state index is 12.3. The van der Waals surface area contributed by atoms with Crippen LogP contribution < -0.4 is 0 Å². The number of aliphatic hydroxyl groups is 2. The van der Waals surface area contributed by atoms with Crippen molar-refractivity contribution < 1.29 is 34.0 Å². The second kappa shape index (κ2) is 7.75. The molecule has 2 N–H and O–H groups in total. The maximum absolute atomic E-state index is 12.3. The standard InChI is InChI=1S/C20H20O7/c21-15-16-14(11-24-20(27-16)13-9-5-2-6-10-13)25-19(23)17(15)26-18(22)12-7-3-1-4-8-12/h1-10,14-17,19-21,23H,11H2/t14-,15+,16+,17-,19?,20?/m1/s1. The van der Waals surface area contributed by atoms with Crippen molar-refractivity contribution in [1.82, 2.24) is 0 Å². The van der Waals surface area contributed by atoms with Gasteiger partial charge in [-0.05, 0) is 12.1 Å². The van der Waals surface area contributed by atoms with Crippen LogP contribution in [0.3, 0.4) is 0 Å². The number of hydrogen-bond acceptors (Lipinski definition) is 7. The van der Waals surface area contributed by atoms with Gasteiger partial charge in [-0.1, -0.05) is 48.5 Å². The van der Waals surface area contributed by atoms with Crippen LogP contribution in [0.5, 0.6) is 0 Å². The van der Waals surface area contributed by atoms with Crippen molar-refractivity contribution in [3.63, 3.8) is 0 Å². The van der Waals surface area contributed by atoms with Gasteiger partial charge in [-0.3, -0.25) is 0 Å². The Balaban J connectivity index is 1.48. The summed E-state index contributed by atoms with van der Waals surface area (Å²) >= 11 is 0. The molecule has 2 fully saturated rings. The fourth-order valence-corrected chi connectivity index (χ4v) is 3.25. The summed E-state index contributed by atoms with van der Waals surface area (Å²) < 4.78 is 22.3. The molecule has 7 nitrogen and oxygen atoms in total. The molecule has 2 heterocycles. The van der Waals surface area contributed by atoms with Gasteiger partial charge in [0.25, 0.3) is 0 Å². The van der Waals surface area contributed by atoms with E-state index in [1.807, 2.05) is 30.3 Å². The van der Waals surface area contributed by atoms with Crippen LogP contribution >= 0.6 is 0 Å². The third-order valence-corrected chi connectivity index (χ3v) is 4.65. The SMILES string of the molecule is O=C(O[C@H]1C(O)O[C@@H]2COC(c3ccccc3)O[C@@H]2[C@@H]1O)c1ccccc1. The van der Waals surface area contributed by atoms with Crippen LogP contribution in [0.4, 0.5) is 0 Å². The number of ether oxygens (including phenoxy) is 4. The zero-order valence-electron chi connectivity index (χ0n) is 14.4. The molecule has 2 saturated heterocycles. The third kappa shape index (κ3) is 3.73. The van der Waals surface area contributed by atoms with Crippen LogP contribution in [0.25, 0.3) is 0 Å². The minimum atomic E-state index is -1.48. The fourth-order valence-electron chi connectivity index (χ4n) is 3.25. The molecule has 0 aliphatic carbocycles. The molecule has 0 radical (unpaired) electrons. The monoisotopic (exact) mass is 372 g/mol. The van der Waals surface area contributed by atoms with Gasteiger partial charge in [0.15, 0.2) is 18.7 Å². The summed E-state index contributed by atoms with van der Waals surface area (Å²) in [5.41, 5.74) is 1.11. The van der Waals surface area contributed by atoms with E-state index in [4.69, 9.17) is 18.9 Å². The van der Waals surface area contributed by atoms with Crippen molar-refractivity contribution in [2.45, 2.75) is 37.0 Å². The summed E-state index contributed by atoms with van der Waals surface area (Å²) in [7, 11) is 0. The zero-order chi connectivity index (χ0) is 18.8. The van der Waals surface area contributed by atoms with Gasteiger partial charge in [-0.2, -0.15) is 0 Å². The lowest BCUT2D eigenvalue weighted by Gasteiger charge is -2.46. The molecule has 2 aromatic rings. The molecule has 2 unspecified atom stereocenters. The molecule has 7 heteroatoms. The molecule has 27 heavy (non-hydrogen) atoms. The highest BCUT2D eigenvalue weighted by Gasteiger charge is 2.50. The van der Waals surface area contributed by atoms with Gasteiger partial charge >= 0.3 is 5.97 Å². The molecule has 142 valence electrons. The molecule has 0 aromatic heterocycles. The number of carbonyl (C=O) groups is 1. The Kier molecular flexibility index (Phi) is 5.20. The first-order chi connectivity index (χ1) is 13.1. The zero-order valence-corrected chi connectivity index (χ0v) is 14.4. The molecule has 0 amide bonds.